The van der Waals surface area contributed by atoms with E-state index in [1.165, 1.54) is 17.6 Å². The van der Waals surface area contributed by atoms with Crippen molar-refractivity contribution in [1.82, 2.24) is 4.72 Å². The highest BCUT2D eigenvalue weighted by Crippen LogP contribution is 2.31. The summed E-state index contributed by atoms with van der Waals surface area (Å²) in [5, 5.41) is 14.8. The van der Waals surface area contributed by atoms with E-state index in [-0.39, 0.29) is 17.2 Å². The first-order chi connectivity index (χ1) is 12.2. The van der Waals surface area contributed by atoms with Crippen LogP contribution in [0, 0.1) is 20.8 Å². The number of hydrogen-bond acceptors (Lipinski definition) is 5. The molecule has 0 spiro atoms. The van der Waals surface area contributed by atoms with Gasteiger partial charge in [0, 0.05) is 5.56 Å². The van der Waals surface area contributed by atoms with Gasteiger partial charge >= 0.3 is 0 Å². The Morgan fingerprint density at radius 1 is 1.15 bits per heavy atom. The molecule has 1 aromatic carbocycles. The number of sulfonamides is 1. The highest BCUT2D eigenvalue weighted by atomic mass is 32.2. The van der Waals surface area contributed by atoms with Gasteiger partial charge in [-0.25, -0.2) is 13.1 Å². The monoisotopic (exact) mass is 391 g/mol. The van der Waals surface area contributed by atoms with E-state index < -0.39 is 15.6 Å². The van der Waals surface area contributed by atoms with Gasteiger partial charge in [0.15, 0.2) is 5.60 Å². The van der Waals surface area contributed by atoms with Crippen LogP contribution >= 0.6 is 11.3 Å². The zero-order chi connectivity index (χ0) is 18.9. The Morgan fingerprint density at radius 3 is 2.50 bits per heavy atom. The zero-order valence-electron chi connectivity index (χ0n) is 14.8. The number of benzene rings is 1. The summed E-state index contributed by atoms with van der Waals surface area (Å²) in [5.74, 6) is 0.287. The lowest BCUT2D eigenvalue weighted by Gasteiger charge is -2.26. The summed E-state index contributed by atoms with van der Waals surface area (Å²) in [6.07, 6.45) is 1.45. The third-order valence-corrected chi connectivity index (χ3v) is 6.75. The smallest absolute Gasteiger partial charge is 0.240 e. The average Bonchev–Trinajstić information content (AvgIpc) is 3.29. The molecule has 5 nitrogen and oxygen atoms in total. The number of aliphatic hydroxyl groups is 1. The Balaban J connectivity index is 1.94. The van der Waals surface area contributed by atoms with Gasteiger partial charge in [0.1, 0.15) is 5.76 Å². The topological polar surface area (TPSA) is 79.5 Å². The molecule has 0 saturated carbocycles. The molecule has 0 unspecified atom stereocenters. The second kappa shape index (κ2) is 7.00. The van der Waals surface area contributed by atoms with E-state index >= 15 is 0 Å². The third-order valence-electron chi connectivity index (χ3n) is 4.53. The minimum atomic E-state index is -3.79. The van der Waals surface area contributed by atoms with Crippen molar-refractivity contribution in [3.05, 3.63) is 75.4 Å². The van der Waals surface area contributed by atoms with Gasteiger partial charge in [0.05, 0.1) is 17.7 Å². The van der Waals surface area contributed by atoms with Crippen molar-refractivity contribution < 1.29 is 17.9 Å². The van der Waals surface area contributed by atoms with Gasteiger partial charge in [-0.2, -0.15) is 11.3 Å². The normalized spacial score (nSPS) is 14.3. The molecular weight excluding hydrogens is 370 g/mol. The molecule has 0 amide bonds. The molecule has 2 aromatic heterocycles. The minimum absolute atomic E-state index is 0.215. The first-order valence-electron chi connectivity index (χ1n) is 8.10. The van der Waals surface area contributed by atoms with Crippen LogP contribution in [0.3, 0.4) is 0 Å². The summed E-state index contributed by atoms with van der Waals surface area (Å²) in [4.78, 5) is 0.215. The molecule has 0 fully saturated rings. The largest absolute Gasteiger partial charge is 0.466 e. The maximum absolute atomic E-state index is 12.9. The van der Waals surface area contributed by atoms with Crippen LogP contribution in [0.5, 0.6) is 0 Å². The van der Waals surface area contributed by atoms with Crippen LogP contribution in [0.1, 0.15) is 28.0 Å². The Hall–Kier alpha value is -1.93. The molecule has 0 aliphatic carbocycles. The highest BCUT2D eigenvalue weighted by Gasteiger charge is 2.36. The second-order valence-corrected chi connectivity index (χ2v) is 8.89. The maximum atomic E-state index is 12.9. The lowest BCUT2D eigenvalue weighted by molar-refractivity contribution is 0.0623. The molecule has 7 heteroatoms. The fourth-order valence-corrected chi connectivity index (χ4v) is 4.94. The van der Waals surface area contributed by atoms with Crippen molar-refractivity contribution in [3.8, 4) is 0 Å². The molecular formula is C19H21NO4S2. The van der Waals surface area contributed by atoms with Crippen LogP contribution in [0.2, 0.25) is 0 Å². The van der Waals surface area contributed by atoms with Crippen LogP contribution in [0.4, 0.5) is 0 Å². The molecule has 0 aliphatic heterocycles. The minimum Gasteiger partial charge on any atom is -0.466 e. The summed E-state index contributed by atoms with van der Waals surface area (Å²) >= 11 is 1.42. The molecule has 3 aromatic rings. The van der Waals surface area contributed by atoms with Crippen molar-refractivity contribution in [2.45, 2.75) is 31.3 Å². The molecule has 138 valence electrons. The molecule has 2 heterocycles. The summed E-state index contributed by atoms with van der Waals surface area (Å²) in [6.45, 7) is 5.35. The van der Waals surface area contributed by atoms with Crippen LogP contribution in [-0.2, 0) is 15.6 Å². The standard InChI is InChI=1S/C19H21NO4S2/c1-13-9-15(3)17(10-14(13)2)26(22,23)20-12-19(21,16-6-8-25-11-16)18-5-4-7-24-18/h4-11,20-21H,12H2,1-3H3/t19-/m0/s1. The van der Waals surface area contributed by atoms with Crippen molar-refractivity contribution in [1.29, 1.82) is 0 Å². The Morgan fingerprint density at radius 2 is 1.88 bits per heavy atom. The van der Waals surface area contributed by atoms with E-state index in [9.17, 15) is 13.5 Å². The van der Waals surface area contributed by atoms with E-state index in [0.29, 0.717) is 11.1 Å². The lowest BCUT2D eigenvalue weighted by atomic mass is 9.94. The quantitative estimate of drug-likeness (QED) is 0.674. The Labute approximate surface area is 157 Å². The number of hydrogen-bond donors (Lipinski definition) is 2. The zero-order valence-corrected chi connectivity index (χ0v) is 16.4. The van der Waals surface area contributed by atoms with E-state index in [4.69, 9.17) is 4.42 Å². The van der Waals surface area contributed by atoms with Crippen molar-refractivity contribution in [2.24, 2.45) is 0 Å². The van der Waals surface area contributed by atoms with E-state index in [0.717, 1.165) is 11.1 Å². The number of thiophene rings is 1. The van der Waals surface area contributed by atoms with Crippen LogP contribution in [-0.4, -0.2) is 20.1 Å². The predicted octanol–water partition coefficient (Wildman–Crippen LogP) is 3.48. The third kappa shape index (κ3) is 3.48. The molecule has 26 heavy (non-hydrogen) atoms. The number of furan rings is 1. The van der Waals surface area contributed by atoms with Crippen molar-refractivity contribution >= 4 is 21.4 Å². The van der Waals surface area contributed by atoms with Gasteiger partial charge in [-0.3, -0.25) is 0 Å². The molecule has 0 aliphatic rings. The van der Waals surface area contributed by atoms with Crippen molar-refractivity contribution in [3.63, 3.8) is 0 Å². The van der Waals surface area contributed by atoms with Crippen molar-refractivity contribution in [2.75, 3.05) is 6.54 Å². The first-order valence-corrected chi connectivity index (χ1v) is 10.5. The molecule has 0 bridgehead atoms. The van der Waals surface area contributed by atoms with E-state index in [1.54, 1.807) is 36.6 Å². The van der Waals surface area contributed by atoms with Crippen LogP contribution in [0.25, 0.3) is 0 Å². The Bertz CT molecular complexity index is 956. The number of aryl methyl sites for hydroxylation is 3. The van der Waals surface area contributed by atoms with Crippen LogP contribution < -0.4 is 4.72 Å². The van der Waals surface area contributed by atoms with Gasteiger partial charge in [-0.05, 0) is 72.5 Å². The van der Waals surface area contributed by atoms with Gasteiger partial charge in [0.25, 0.3) is 0 Å². The fraction of sp³-hybridized carbons (Fsp3) is 0.263. The summed E-state index contributed by atoms with van der Waals surface area (Å²) < 4.78 is 33.6. The highest BCUT2D eigenvalue weighted by molar-refractivity contribution is 7.89. The summed E-state index contributed by atoms with van der Waals surface area (Å²) in [5.41, 5.74) is 1.60. The molecule has 3 rings (SSSR count). The van der Waals surface area contributed by atoms with Gasteiger partial charge in [-0.1, -0.05) is 6.07 Å². The van der Waals surface area contributed by atoms with Gasteiger partial charge in [-0.15, -0.1) is 0 Å². The number of nitrogens with one attached hydrogen (secondary N) is 1. The van der Waals surface area contributed by atoms with Gasteiger partial charge in [0.2, 0.25) is 10.0 Å². The summed E-state index contributed by atoms with van der Waals surface area (Å²) in [7, 11) is -3.79. The van der Waals surface area contributed by atoms with E-state index in [1.807, 2.05) is 25.3 Å². The van der Waals surface area contributed by atoms with E-state index in [2.05, 4.69) is 4.72 Å². The predicted molar refractivity (Wildman–Crippen MR) is 102 cm³/mol. The molecule has 0 saturated heterocycles. The van der Waals surface area contributed by atoms with Gasteiger partial charge < -0.3 is 9.52 Å². The summed E-state index contributed by atoms with van der Waals surface area (Å²) in [6, 6.07) is 8.55. The second-order valence-electron chi connectivity index (χ2n) is 6.38. The fourth-order valence-electron chi connectivity index (χ4n) is 2.85. The first kappa shape index (κ1) is 18.8. The SMILES string of the molecule is Cc1cc(C)c(S(=O)(=O)NC[C@](O)(c2ccsc2)c2ccco2)cc1C. The molecule has 0 radical (unpaired) electrons. The average molecular weight is 392 g/mol. The molecule has 1 atom stereocenters. The maximum Gasteiger partial charge on any atom is 0.240 e. The Kier molecular flexibility index (Phi) is 5.07. The lowest BCUT2D eigenvalue weighted by Crippen LogP contribution is -2.41. The molecule has 2 N–H and O–H groups in total. The number of rotatable bonds is 6. The van der Waals surface area contributed by atoms with Crippen LogP contribution in [0.15, 0.2) is 56.7 Å².